The van der Waals surface area contributed by atoms with Crippen molar-refractivity contribution in [3.63, 3.8) is 0 Å². The summed E-state index contributed by atoms with van der Waals surface area (Å²) in [7, 11) is 2.17. The minimum Gasteiger partial charge on any atom is -0.493 e. The quantitative estimate of drug-likeness (QED) is 0.882. The zero-order valence-electron chi connectivity index (χ0n) is 10.8. The van der Waals surface area contributed by atoms with Crippen molar-refractivity contribution in [1.29, 1.82) is 0 Å². The van der Waals surface area contributed by atoms with E-state index in [1.807, 2.05) is 11.8 Å². The summed E-state index contributed by atoms with van der Waals surface area (Å²) in [5.41, 5.74) is 9.00. The van der Waals surface area contributed by atoms with E-state index < -0.39 is 0 Å². The van der Waals surface area contributed by atoms with Crippen LogP contribution < -0.4 is 10.5 Å². The van der Waals surface area contributed by atoms with Crippen molar-refractivity contribution >= 4 is 11.8 Å². The molecule has 0 radical (unpaired) electrons. The Kier molecular flexibility index (Phi) is 3.50. The third-order valence-corrected chi connectivity index (χ3v) is 5.01. The highest BCUT2D eigenvalue weighted by molar-refractivity contribution is 7.99. The molecule has 2 N–H and O–H groups in total. The van der Waals surface area contributed by atoms with Gasteiger partial charge in [0, 0.05) is 42.1 Å². The summed E-state index contributed by atoms with van der Waals surface area (Å²) in [4.78, 5) is 2.38. The van der Waals surface area contributed by atoms with Crippen molar-refractivity contribution in [3.05, 3.63) is 29.3 Å². The average molecular weight is 264 g/mol. The highest BCUT2D eigenvalue weighted by atomic mass is 32.2. The Balaban J connectivity index is 1.88. The number of nitrogens with two attached hydrogens (primary N) is 1. The second-order valence-corrected chi connectivity index (χ2v) is 6.23. The molecule has 0 saturated carbocycles. The Morgan fingerprint density at radius 2 is 2.39 bits per heavy atom. The third kappa shape index (κ3) is 2.13. The van der Waals surface area contributed by atoms with Gasteiger partial charge in [0.2, 0.25) is 0 Å². The van der Waals surface area contributed by atoms with Gasteiger partial charge in [0.25, 0.3) is 0 Å². The molecule has 2 aliphatic heterocycles. The molecule has 0 aliphatic carbocycles. The molecule has 2 aliphatic rings. The number of likely N-dealkylation sites (N-methyl/N-ethyl adjacent to an activating group) is 1. The van der Waals surface area contributed by atoms with E-state index in [1.165, 1.54) is 16.9 Å². The number of para-hydroxylation sites is 1. The summed E-state index contributed by atoms with van der Waals surface area (Å²) in [5, 5.41) is 0. The smallest absolute Gasteiger partial charge is 0.127 e. The molecular weight excluding hydrogens is 244 g/mol. The highest BCUT2D eigenvalue weighted by Crippen LogP contribution is 2.35. The number of hydrogen-bond donors (Lipinski definition) is 1. The maximum Gasteiger partial charge on any atom is 0.127 e. The summed E-state index contributed by atoms with van der Waals surface area (Å²) < 4.78 is 5.77. The van der Waals surface area contributed by atoms with Crippen molar-refractivity contribution in [2.24, 2.45) is 5.73 Å². The van der Waals surface area contributed by atoms with Gasteiger partial charge in [0.05, 0.1) is 6.61 Å². The number of ether oxygens (including phenoxy) is 1. The van der Waals surface area contributed by atoms with Crippen LogP contribution in [0.25, 0.3) is 0 Å². The maximum absolute atomic E-state index is 6.50. The minimum absolute atomic E-state index is 0.0517. The van der Waals surface area contributed by atoms with Gasteiger partial charge in [-0.25, -0.2) is 0 Å². The van der Waals surface area contributed by atoms with E-state index in [0.717, 1.165) is 31.1 Å². The van der Waals surface area contributed by atoms with Gasteiger partial charge in [-0.05, 0) is 12.6 Å². The molecule has 2 heterocycles. The summed E-state index contributed by atoms with van der Waals surface area (Å²) in [6, 6.07) is 6.86. The maximum atomic E-state index is 6.50. The predicted molar refractivity (Wildman–Crippen MR) is 76.3 cm³/mol. The van der Waals surface area contributed by atoms with E-state index in [9.17, 15) is 0 Å². The monoisotopic (exact) mass is 264 g/mol. The Morgan fingerprint density at radius 3 is 3.22 bits per heavy atom. The first kappa shape index (κ1) is 12.3. The lowest BCUT2D eigenvalue weighted by atomic mass is 9.97. The second-order valence-electron chi connectivity index (χ2n) is 5.08. The minimum atomic E-state index is 0.0517. The average Bonchev–Trinajstić information content (AvgIpc) is 2.86. The standard InChI is InChI=1S/C14H20N2OS/c1-16-6-8-18-9-12(16)13(15)11-4-2-3-10-5-7-17-14(10)11/h2-4,12-13H,5-9,15H2,1H3. The van der Waals surface area contributed by atoms with Crippen molar-refractivity contribution in [1.82, 2.24) is 4.90 Å². The van der Waals surface area contributed by atoms with Gasteiger partial charge in [-0.1, -0.05) is 18.2 Å². The van der Waals surface area contributed by atoms with Crippen molar-refractivity contribution in [3.8, 4) is 5.75 Å². The molecule has 1 saturated heterocycles. The third-order valence-electron chi connectivity index (χ3n) is 3.96. The van der Waals surface area contributed by atoms with E-state index in [0.29, 0.717) is 6.04 Å². The van der Waals surface area contributed by atoms with Crippen LogP contribution in [0.1, 0.15) is 17.2 Å². The number of thioether (sulfide) groups is 1. The number of benzene rings is 1. The molecule has 0 amide bonds. The predicted octanol–water partition coefficient (Wildman–Crippen LogP) is 1.67. The van der Waals surface area contributed by atoms with Crippen LogP contribution in [0.3, 0.4) is 0 Å². The largest absolute Gasteiger partial charge is 0.493 e. The van der Waals surface area contributed by atoms with Crippen molar-refractivity contribution in [2.75, 3.05) is 31.7 Å². The van der Waals surface area contributed by atoms with E-state index in [1.54, 1.807) is 0 Å². The number of hydrogen-bond acceptors (Lipinski definition) is 4. The van der Waals surface area contributed by atoms with Crippen LogP contribution in [-0.2, 0) is 6.42 Å². The Bertz CT molecular complexity index is 438. The van der Waals surface area contributed by atoms with Crippen LogP contribution in [0.4, 0.5) is 0 Å². The fraction of sp³-hybridized carbons (Fsp3) is 0.571. The molecule has 0 bridgehead atoms. The SMILES string of the molecule is CN1CCSCC1C(N)c1cccc2c1OCC2. The van der Waals surface area contributed by atoms with E-state index in [4.69, 9.17) is 10.5 Å². The van der Waals surface area contributed by atoms with Crippen LogP contribution in [0.2, 0.25) is 0 Å². The Hall–Kier alpha value is -0.710. The van der Waals surface area contributed by atoms with Crippen LogP contribution in [0.5, 0.6) is 5.75 Å². The molecule has 3 nitrogen and oxygen atoms in total. The van der Waals surface area contributed by atoms with Gasteiger partial charge in [-0.15, -0.1) is 0 Å². The van der Waals surface area contributed by atoms with Gasteiger partial charge in [0.15, 0.2) is 0 Å². The first-order valence-corrected chi connectivity index (χ1v) is 7.71. The first-order valence-electron chi connectivity index (χ1n) is 6.55. The van der Waals surface area contributed by atoms with E-state index in [-0.39, 0.29) is 6.04 Å². The fourth-order valence-electron chi connectivity index (χ4n) is 2.79. The van der Waals surface area contributed by atoms with Gasteiger partial charge >= 0.3 is 0 Å². The molecule has 0 spiro atoms. The fourth-order valence-corrected chi connectivity index (χ4v) is 4.08. The van der Waals surface area contributed by atoms with Gasteiger partial charge in [-0.3, -0.25) is 4.90 Å². The normalized spacial score (nSPS) is 25.6. The lowest BCUT2D eigenvalue weighted by Crippen LogP contribution is -2.46. The van der Waals surface area contributed by atoms with Crippen LogP contribution in [0, 0.1) is 0 Å². The number of nitrogens with zero attached hydrogens (tertiary/aromatic N) is 1. The summed E-state index contributed by atoms with van der Waals surface area (Å²) in [5.74, 6) is 3.37. The first-order chi connectivity index (χ1) is 8.77. The second kappa shape index (κ2) is 5.11. The summed E-state index contributed by atoms with van der Waals surface area (Å²) >= 11 is 2.00. The lowest BCUT2D eigenvalue weighted by molar-refractivity contribution is 0.234. The van der Waals surface area contributed by atoms with Crippen molar-refractivity contribution in [2.45, 2.75) is 18.5 Å². The molecule has 1 fully saturated rings. The van der Waals surface area contributed by atoms with Gasteiger partial charge in [0.1, 0.15) is 5.75 Å². The Labute approximate surface area is 113 Å². The molecular formula is C14H20N2OS. The van der Waals surface area contributed by atoms with Crippen molar-refractivity contribution < 1.29 is 4.74 Å². The molecule has 4 heteroatoms. The zero-order chi connectivity index (χ0) is 12.5. The van der Waals surface area contributed by atoms with Crippen LogP contribution >= 0.6 is 11.8 Å². The number of rotatable bonds is 2. The Morgan fingerprint density at radius 1 is 1.50 bits per heavy atom. The van der Waals surface area contributed by atoms with E-state index in [2.05, 4.69) is 30.1 Å². The van der Waals surface area contributed by atoms with Crippen LogP contribution in [-0.4, -0.2) is 42.6 Å². The lowest BCUT2D eigenvalue weighted by Gasteiger charge is -2.36. The number of fused-ring (bicyclic) bond motifs is 1. The van der Waals surface area contributed by atoms with Crippen LogP contribution in [0.15, 0.2) is 18.2 Å². The highest BCUT2D eigenvalue weighted by Gasteiger charge is 2.30. The zero-order valence-corrected chi connectivity index (χ0v) is 11.6. The topological polar surface area (TPSA) is 38.5 Å². The van der Waals surface area contributed by atoms with Gasteiger partial charge in [-0.2, -0.15) is 11.8 Å². The molecule has 18 heavy (non-hydrogen) atoms. The summed E-state index contributed by atoms with van der Waals surface area (Å²) in [6.45, 7) is 1.92. The van der Waals surface area contributed by atoms with E-state index >= 15 is 0 Å². The molecule has 1 aromatic rings. The summed E-state index contributed by atoms with van der Waals surface area (Å²) in [6.07, 6.45) is 1.02. The molecule has 98 valence electrons. The van der Waals surface area contributed by atoms with Gasteiger partial charge < -0.3 is 10.5 Å². The molecule has 3 rings (SSSR count). The molecule has 2 unspecified atom stereocenters. The molecule has 1 aromatic carbocycles. The molecule has 2 atom stereocenters. The molecule has 0 aromatic heterocycles.